The summed E-state index contributed by atoms with van der Waals surface area (Å²) in [6, 6.07) is 12.7. The van der Waals surface area contributed by atoms with Crippen molar-refractivity contribution in [2.24, 2.45) is 0 Å². The van der Waals surface area contributed by atoms with Crippen molar-refractivity contribution in [2.75, 3.05) is 20.8 Å². The van der Waals surface area contributed by atoms with Gasteiger partial charge in [0, 0.05) is 12.0 Å². The van der Waals surface area contributed by atoms with Gasteiger partial charge in [-0.15, -0.1) is 0 Å². The van der Waals surface area contributed by atoms with Crippen LogP contribution < -0.4 is 9.47 Å². The van der Waals surface area contributed by atoms with Gasteiger partial charge in [0.05, 0.1) is 27.2 Å². The molecule has 25 heavy (non-hydrogen) atoms. The molecule has 0 saturated carbocycles. The molecule has 0 spiro atoms. The Hall–Kier alpha value is -2.82. The molecule has 2 aromatic carbocycles. The maximum Gasteiger partial charge on any atom is 0.310 e. The largest absolute Gasteiger partial charge is 0.493 e. The molecule has 5 nitrogen and oxygen atoms in total. The first kappa shape index (κ1) is 18.5. The van der Waals surface area contributed by atoms with E-state index in [4.69, 9.17) is 14.2 Å². The molecule has 0 heterocycles. The van der Waals surface area contributed by atoms with Gasteiger partial charge in [-0.3, -0.25) is 9.59 Å². The van der Waals surface area contributed by atoms with Gasteiger partial charge in [0.15, 0.2) is 17.3 Å². The summed E-state index contributed by atoms with van der Waals surface area (Å²) in [7, 11) is 3.02. The van der Waals surface area contributed by atoms with E-state index in [0.717, 1.165) is 5.56 Å². The number of rotatable bonds is 8. The van der Waals surface area contributed by atoms with E-state index in [-0.39, 0.29) is 24.6 Å². The van der Waals surface area contributed by atoms with Gasteiger partial charge < -0.3 is 14.2 Å². The lowest BCUT2D eigenvalue weighted by atomic mass is 9.96. The van der Waals surface area contributed by atoms with Gasteiger partial charge in [-0.05, 0) is 30.2 Å². The van der Waals surface area contributed by atoms with Gasteiger partial charge in [0.2, 0.25) is 0 Å². The van der Waals surface area contributed by atoms with Gasteiger partial charge in [-0.2, -0.15) is 0 Å². The fraction of sp³-hybridized carbons (Fsp3) is 0.300. The first-order chi connectivity index (χ1) is 12.1. The second-order valence-corrected chi connectivity index (χ2v) is 5.43. The monoisotopic (exact) mass is 342 g/mol. The number of benzene rings is 2. The minimum atomic E-state index is -0.386. The van der Waals surface area contributed by atoms with Crippen LogP contribution in [-0.4, -0.2) is 32.6 Å². The zero-order chi connectivity index (χ0) is 18.2. The van der Waals surface area contributed by atoms with E-state index in [9.17, 15) is 9.59 Å². The second-order valence-electron chi connectivity index (χ2n) is 5.43. The molecule has 0 atom stereocenters. The fourth-order valence-electron chi connectivity index (χ4n) is 2.57. The molecule has 132 valence electrons. The van der Waals surface area contributed by atoms with Gasteiger partial charge in [0.25, 0.3) is 0 Å². The van der Waals surface area contributed by atoms with Crippen molar-refractivity contribution >= 4 is 11.8 Å². The molecule has 0 aliphatic rings. The highest BCUT2D eigenvalue weighted by Gasteiger charge is 2.19. The van der Waals surface area contributed by atoms with Crippen LogP contribution in [0.5, 0.6) is 11.5 Å². The van der Waals surface area contributed by atoms with Crippen LogP contribution in [0.15, 0.2) is 42.5 Å². The third-order valence-electron chi connectivity index (χ3n) is 3.76. The molecule has 0 aromatic heterocycles. The fourth-order valence-corrected chi connectivity index (χ4v) is 2.57. The van der Waals surface area contributed by atoms with Crippen molar-refractivity contribution in [3.63, 3.8) is 0 Å². The number of methoxy groups -OCH3 is 2. The number of hydrogen-bond acceptors (Lipinski definition) is 5. The predicted molar refractivity (Wildman–Crippen MR) is 94.4 cm³/mol. The summed E-state index contributed by atoms with van der Waals surface area (Å²) in [4.78, 5) is 24.7. The molecule has 0 bridgehead atoms. The molecule has 0 saturated heterocycles. The SMILES string of the molecule is CCOC(=O)Cc1cc(OC)c(OC)cc1C(=O)Cc1ccccc1. The van der Waals surface area contributed by atoms with E-state index in [1.807, 2.05) is 30.3 Å². The molecule has 2 rings (SSSR count). The molecule has 0 radical (unpaired) electrons. The van der Waals surface area contributed by atoms with E-state index >= 15 is 0 Å². The summed E-state index contributed by atoms with van der Waals surface area (Å²) < 4.78 is 15.6. The Labute approximate surface area is 147 Å². The van der Waals surface area contributed by atoms with E-state index in [1.54, 1.807) is 19.1 Å². The van der Waals surface area contributed by atoms with Gasteiger partial charge in [-0.25, -0.2) is 0 Å². The van der Waals surface area contributed by atoms with Crippen molar-refractivity contribution in [1.82, 2.24) is 0 Å². The number of hydrogen-bond donors (Lipinski definition) is 0. The first-order valence-electron chi connectivity index (χ1n) is 8.06. The third-order valence-corrected chi connectivity index (χ3v) is 3.76. The molecule has 0 unspecified atom stereocenters. The van der Waals surface area contributed by atoms with Crippen molar-refractivity contribution in [1.29, 1.82) is 0 Å². The van der Waals surface area contributed by atoms with Crippen molar-refractivity contribution < 1.29 is 23.8 Å². The number of carbonyl (C=O) groups is 2. The molecule has 0 N–H and O–H groups in total. The van der Waals surface area contributed by atoms with Gasteiger partial charge in [-0.1, -0.05) is 30.3 Å². The number of carbonyl (C=O) groups excluding carboxylic acids is 2. The highest BCUT2D eigenvalue weighted by Crippen LogP contribution is 2.31. The molecule has 2 aromatic rings. The second kappa shape index (κ2) is 8.87. The summed E-state index contributed by atoms with van der Waals surface area (Å²) in [5.74, 6) is 0.444. The maximum atomic E-state index is 12.8. The average Bonchev–Trinajstić information content (AvgIpc) is 2.62. The molecular formula is C20H22O5. The first-order valence-corrected chi connectivity index (χ1v) is 8.06. The predicted octanol–water partition coefficient (Wildman–Crippen LogP) is 3.23. The molecule has 5 heteroatoms. The van der Waals surface area contributed by atoms with Gasteiger partial charge >= 0.3 is 5.97 Å². The smallest absolute Gasteiger partial charge is 0.310 e. The molecule has 0 fully saturated rings. The number of Topliss-reactive ketones (excluding diaryl/α,β-unsaturated/α-hetero) is 1. The Morgan fingerprint density at radius 1 is 0.920 bits per heavy atom. The number of esters is 1. The van der Waals surface area contributed by atoms with Crippen LogP contribution in [0.25, 0.3) is 0 Å². The summed E-state index contributed by atoms with van der Waals surface area (Å²) in [5, 5.41) is 0. The third kappa shape index (κ3) is 4.83. The van der Waals surface area contributed by atoms with Crippen LogP contribution in [0.3, 0.4) is 0 Å². The van der Waals surface area contributed by atoms with E-state index in [2.05, 4.69) is 0 Å². The molecule has 0 amide bonds. The Balaban J connectivity index is 2.38. The Morgan fingerprint density at radius 2 is 1.56 bits per heavy atom. The Bertz CT molecular complexity index is 737. The van der Waals surface area contributed by atoms with Crippen molar-refractivity contribution in [2.45, 2.75) is 19.8 Å². The molecular weight excluding hydrogens is 320 g/mol. The minimum Gasteiger partial charge on any atom is -0.493 e. The summed E-state index contributed by atoms with van der Waals surface area (Å²) in [6.07, 6.45) is 0.246. The lowest BCUT2D eigenvalue weighted by Crippen LogP contribution is -2.13. The van der Waals surface area contributed by atoms with Crippen LogP contribution in [0.2, 0.25) is 0 Å². The molecule has 0 aliphatic heterocycles. The molecule has 0 aliphatic carbocycles. The van der Waals surface area contributed by atoms with E-state index in [0.29, 0.717) is 29.2 Å². The van der Waals surface area contributed by atoms with Crippen molar-refractivity contribution in [3.05, 3.63) is 59.2 Å². The van der Waals surface area contributed by atoms with E-state index in [1.165, 1.54) is 14.2 Å². The number of ketones is 1. The maximum absolute atomic E-state index is 12.8. The van der Waals surface area contributed by atoms with Crippen LogP contribution in [0.4, 0.5) is 0 Å². The summed E-state index contributed by atoms with van der Waals surface area (Å²) in [5.41, 5.74) is 1.91. The zero-order valence-electron chi connectivity index (χ0n) is 14.7. The average molecular weight is 342 g/mol. The van der Waals surface area contributed by atoms with Crippen LogP contribution in [0, 0.1) is 0 Å². The van der Waals surface area contributed by atoms with Gasteiger partial charge in [0.1, 0.15) is 0 Å². The topological polar surface area (TPSA) is 61.8 Å². The van der Waals surface area contributed by atoms with Crippen LogP contribution >= 0.6 is 0 Å². The highest BCUT2D eigenvalue weighted by atomic mass is 16.5. The lowest BCUT2D eigenvalue weighted by molar-refractivity contribution is -0.142. The summed E-state index contributed by atoms with van der Waals surface area (Å²) >= 11 is 0. The Morgan fingerprint density at radius 3 is 2.16 bits per heavy atom. The van der Waals surface area contributed by atoms with Crippen molar-refractivity contribution in [3.8, 4) is 11.5 Å². The van der Waals surface area contributed by atoms with Crippen LogP contribution in [0.1, 0.15) is 28.4 Å². The quantitative estimate of drug-likeness (QED) is 0.544. The summed E-state index contributed by atoms with van der Waals surface area (Å²) in [6.45, 7) is 2.04. The lowest BCUT2D eigenvalue weighted by Gasteiger charge is -2.14. The van der Waals surface area contributed by atoms with Crippen LogP contribution in [-0.2, 0) is 22.4 Å². The Kier molecular flexibility index (Phi) is 6.57. The number of ether oxygens (including phenoxy) is 3. The van der Waals surface area contributed by atoms with E-state index < -0.39 is 0 Å². The minimum absolute atomic E-state index is 0.00403. The highest BCUT2D eigenvalue weighted by molar-refractivity contribution is 6.00. The standard InChI is InChI=1S/C20H22O5/c1-4-25-20(22)12-15-11-18(23-2)19(24-3)13-16(15)17(21)10-14-8-6-5-7-9-14/h5-9,11,13H,4,10,12H2,1-3H3. The normalized spacial score (nSPS) is 10.2. The zero-order valence-corrected chi connectivity index (χ0v) is 14.7.